The van der Waals surface area contributed by atoms with Crippen LogP contribution < -0.4 is 5.32 Å². The predicted molar refractivity (Wildman–Crippen MR) is 80.9 cm³/mol. The molecule has 0 saturated heterocycles. The van der Waals surface area contributed by atoms with Crippen molar-refractivity contribution in [3.63, 3.8) is 0 Å². The quantitative estimate of drug-likeness (QED) is 0.870. The summed E-state index contributed by atoms with van der Waals surface area (Å²) in [6.07, 6.45) is 1.05. The molecule has 0 saturated carbocycles. The van der Waals surface area contributed by atoms with Gasteiger partial charge >= 0.3 is 0 Å². The van der Waals surface area contributed by atoms with Crippen LogP contribution >= 0.6 is 15.9 Å². The molecule has 0 fully saturated rings. The average molecular weight is 316 g/mol. The molecule has 0 aliphatic rings. The zero-order valence-corrected chi connectivity index (χ0v) is 14.0. The van der Waals surface area contributed by atoms with Gasteiger partial charge in [-0.3, -0.25) is 4.68 Å². The molecule has 2 unspecified atom stereocenters. The number of nitrogens with zero attached hydrogens (tertiary/aromatic N) is 2. The molecule has 0 aliphatic heterocycles. The first-order valence-electron chi connectivity index (χ1n) is 6.84. The number of hydrogen-bond acceptors (Lipinski definition) is 2. The summed E-state index contributed by atoms with van der Waals surface area (Å²) in [5, 5.41) is 8.13. The summed E-state index contributed by atoms with van der Waals surface area (Å²) < 4.78 is 3.28. The van der Waals surface area contributed by atoms with Crippen LogP contribution in [0.4, 0.5) is 0 Å². The summed E-state index contributed by atoms with van der Waals surface area (Å²) in [5.74, 6) is 0.588. The lowest BCUT2D eigenvalue weighted by Gasteiger charge is -2.24. The highest BCUT2D eigenvalue weighted by Crippen LogP contribution is 2.24. The van der Waals surface area contributed by atoms with Gasteiger partial charge in [-0.25, -0.2) is 0 Å². The maximum atomic E-state index is 4.55. The summed E-state index contributed by atoms with van der Waals surface area (Å²) in [6.45, 7) is 14.1. The van der Waals surface area contributed by atoms with Crippen molar-refractivity contribution < 1.29 is 0 Å². The molecule has 1 heterocycles. The lowest BCUT2D eigenvalue weighted by molar-refractivity contribution is 0.364. The second-order valence-corrected chi connectivity index (χ2v) is 6.25. The third-order valence-electron chi connectivity index (χ3n) is 3.42. The van der Waals surface area contributed by atoms with Crippen molar-refractivity contribution >= 4 is 15.9 Å². The number of aryl methyl sites for hydroxylation is 2. The molecule has 4 heteroatoms. The zero-order chi connectivity index (χ0) is 13.9. The summed E-state index contributed by atoms with van der Waals surface area (Å²) >= 11 is 3.67. The first-order chi connectivity index (χ1) is 8.36. The largest absolute Gasteiger partial charge is 0.312 e. The molecule has 3 nitrogen and oxygen atoms in total. The molecular weight excluding hydrogens is 290 g/mol. The minimum absolute atomic E-state index is 0.511. The van der Waals surface area contributed by atoms with Crippen molar-refractivity contribution in [1.82, 2.24) is 15.1 Å². The van der Waals surface area contributed by atoms with Crippen LogP contribution in [0.5, 0.6) is 0 Å². The smallest absolute Gasteiger partial charge is 0.0738 e. The lowest BCUT2D eigenvalue weighted by Crippen LogP contribution is -2.38. The molecular formula is C14H26BrN3. The van der Waals surface area contributed by atoms with Crippen molar-refractivity contribution in [3.8, 4) is 0 Å². The molecule has 1 aromatic rings. The molecule has 1 rings (SSSR count). The summed E-state index contributed by atoms with van der Waals surface area (Å²) in [6, 6.07) is 1.04. The Morgan fingerprint density at radius 3 is 2.39 bits per heavy atom. The van der Waals surface area contributed by atoms with Crippen molar-refractivity contribution in [3.05, 3.63) is 15.9 Å². The van der Waals surface area contributed by atoms with Crippen molar-refractivity contribution in [1.29, 1.82) is 0 Å². The van der Waals surface area contributed by atoms with Gasteiger partial charge in [-0.2, -0.15) is 5.10 Å². The highest BCUT2D eigenvalue weighted by atomic mass is 79.9. The van der Waals surface area contributed by atoms with Crippen molar-refractivity contribution in [2.45, 2.75) is 66.6 Å². The van der Waals surface area contributed by atoms with Gasteiger partial charge in [0.25, 0.3) is 0 Å². The van der Waals surface area contributed by atoms with Gasteiger partial charge in [-0.15, -0.1) is 0 Å². The third kappa shape index (κ3) is 3.82. The van der Waals surface area contributed by atoms with E-state index in [1.54, 1.807) is 0 Å². The highest BCUT2D eigenvalue weighted by Gasteiger charge is 2.19. The Morgan fingerprint density at radius 1 is 1.28 bits per heavy atom. The Kier molecular flexibility index (Phi) is 5.86. The van der Waals surface area contributed by atoms with E-state index in [0.29, 0.717) is 18.0 Å². The number of halogens is 1. The van der Waals surface area contributed by atoms with Crippen LogP contribution in [0.1, 0.15) is 46.0 Å². The van der Waals surface area contributed by atoms with E-state index < -0.39 is 0 Å². The van der Waals surface area contributed by atoms with Crippen molar-refractivity contribution in [2.75, 3.05) is 0 Å². The van der Waals surface area contributed by atoms with Gasteiger partial charge in [-0.1, -0.05) is 20.8 Å². The normalized spacial score (nSPS) is 15.1. The van der Waals surface area contributed by atoms with E-state index in [-0.39, 0.29) is 0 Å². The highest BCUT2D eigenvalue weighted by molar-refractivity contribution is 9.10. The first kappa shape index (κ1) is 15.7. The van der Waals surface area contributed by atoms with E-state index >= 15 is 0 Å². The van der Waals surface area contributed by atoms with E-state index in [1.807, 2.05) is 0 Å². The lowest BCUT2D eigenvalue weighted by atomic mass is 9.97. The van der Waals surface area contributed by atoms with E-state index in [4.69, 9.17) is 0 Å². The standard InChI is InChI=1S/C14H26BrN3/c1-7-18-13(14(15)12(6)17-18)8-10(4)11(5)16-9(2)3/h9-11,16H,7-8H2,1-6H3. The van der Waals surface area contributed by atoms with Gasteiger partial charge in [0.05, 0.1) is 15.9 Å². The first-order valence-corrected chi connectivity index (χ1v) is 7.63. The Labute approximate surface area is 119 Å². The topological polar surface area (TPSA) is 29.9 Å². The summed E-state index contributed by atoms with van der Waals surface area (Å²) in [5.41, 5.74) is 2.41. The second kappa shape index (κ2) is 6.71. The van der Waals surface area contributed by atoms with E-state index in [9.17, 15) is 0 Å². The number of hydrogen-bond donors (Lipinski definition) is 1. The van der Waals surface area contributed by atoms with Gasteiger partial charge in [0.15, 0.2) is 0 Å². The molecule has 1 aromatic heterocycles. The Morgan fingerprint density at radius 2 is 1.89 bits per heavy atom. The predicted octanol–water partition coefficient (Wildman–Crippen LogP) is 3.54. The zero-order valence-electron chi connectivity index (χ0n) is 12.4. The minimum Gasteiger partial charge on any atom is -0.312 e. The van der Waals surface area contributed by atoms with E-state index in [2.05, 4.69) is 72.6 Å². The van der Waals surface area contributed by atoms with Crippen LogP contribution in [0.3, 0.4) is 0 Å². The van der Waals surface area contributed by atoms with Gasteiger partial charge in [0, 0.05) is 18.6 Å². The summed E-state index contributed by atoms with van der Waals surface area (Å²) in [7, 11) is 0. The molecule has 0 spiro atoms. The van der Waals surface area contributed by atoms with Crippen LogP contribution in [-0.4, -0.2) is 21.9 Å². The van der Waals surface area contributed by atoms with Crippen LogP contribution in [0.2, 0.25) is 0 Å². The molecule has 0 bridgehead atoms. The molecule has 2 atom stereocenters. The van der Waals surface area contributed by atoms with Gasteiger partial charge < -0.3 is 5.32 Å². The fraction of sp³-hybridized carbons (Fsp3) is 0.786. The fourth-order valence-electron chi connectivity index (χ4n) is 2.24. The third-order valence-corrected chi connectivity index (χ3v) is 4.45. The van der Waals surface area contributed by atoms with Crippen LogP contribution in [-0.2, 0) is 13.0 Å². The Bertz CT molecular complexity index is 385. The van der Waals surface area contributed by atoms with Gasteiger partial charge in [0.2, 0.25) is 0 Å². The molecule has 0 aromatic carbocycles. The Hall–Kier alpha value is -0.350. The summed E-state index contributed by atoms with van der Waals surface area (Å²) in [4.78, 5) is 0. The molecule has 0 amide bonds. The van der Waals surface area contributed by atoms with E-state index in [1.165, 1.54) is 10.2 Å². The van der Waals surface area contributed by atoms with Crippen LogP contribution in [0, 0.1) is 12.8 Å². The average Bonchev–Trinajstić information content (AvgIpc) is 2.55. The van der Waals surface area contributed by atoms with Crippen molar-refractivity contribution in [2.24, 2.45) is 5.92 Å². The van der Waals surface area contributed by atoms with Crippen LogP contribution in [0.15, 0.2) is 4.47 Å². The molecule has 1 N–H and O–H groups in total. The Balaban J connectivity index is 2.77. The maximum Gasteiger partial charge on any atom is 0.0738 e. The molecule has 18 heavy (non-hydrogen) atoms. The van der Waals surface area contributed by atoms with Gasteiger partial charge in [-0.05, 0) is 49.0 Å². The molecule has 104 valence electrons. The van der Waals surface area contributed by atoms with E-state index in [0.717, 1.165) is 18.7 Å². The number of rotatable bonds is 6. The fourth-order valence-corrected chi connectivity index (χ4v) is 2.68. The maximum absolute atomic E-state index is 4.55. The number of nitrogens with one attached hydrogen (secondary N) is 1. The SMILES string of the molecule is CCn1nc(C)c(Br)c1CC(C)C(C)NC(C)C. The molecule has 0 aliphatic carbocycles. The van der Waals surface area contributed by atoms with Crippen LogP contribution in [0.25, 0.3) is 0 Å². The molecule has 0 radical (unpaired) electrons. The second-order valence-electron chi connectivity index (χ2n) is 5.45. The van der Waals surface area contributed by atoms with Gasteiger partial charge in [0.1, 0.15) is 0 Å². The number of aromatic nitrogens is 2. The monoisotopic (exact) mass is 315 g/mol. The minimum atomic E-state index is 0.511.